The van der Waals surface area contributed by atoms with Crippen molar-refractivity contribution in [2.45, 2.75) is 29.6 Å². The minimum atomic E-state index is -3.73. The van der Waals surface area contributed by atoms with Gasteiger partial charge in [0.25, 0.3) is 0 Å². The Balaban J connectivity index is 1.27. The number of rotatable bonds is 7. The normalized spacial score (nSPS) is 14.9. The fourth-order valence-electron chi connectivity index (χ4n) is 5.73. The molecule has 1 fully saturated rings. The molecule has 4 aromatic carbocycles. The second-order valence-corrected chi connectivity index (χ2v) is 13.3. The molecule has 2 heterocycles. The number of carboxylic acid groups (broad SMARTS) is 1. The first kappa shape index (κ1) is 28.4. The van der Waals surface area contributed by atoms with Gasteiger partial charge in [-0.1, -0.05) is 53.5 Å². The number of sulfonamides is 1. The standard InChI is InChI=1S/C32H27Cl2N3O4S/c33-25-8-1-20(2-9-25)30(21-3-10-26(34)11-4-21)24-7-14-29-28(19-24)31(36-35-29)22-15-17-37(18-16-22)42(40,41)27-12-5-23(6-13-27)32(38)39/h1-14,19,22,30H,15-18H2,(H,35,36)(H,38,39). The zero-order valence-corrected chi connectivity index (χ0v) is 24.7. The van der Waals surface area contributed by atoms with Gasteiger partial charge in [-0.15, -0.1) is 0 Å². The van der Waals surface area contributed by atoms with Gasteiger partial charge in [-0.2, -0.15) is 9.40 Å². The van der Waals surface area contributed by atoms with Crippen LogP contribution in [0.25, 0.3) is 10.9 Å². The molecule has 1 aliphatic heterocycles. The van der Waals surface area contributed by atoms with Gasteiger partial charge in [-0.25, -0.2) is 13.2 Å². The Bertz CT molecular complexity index is 1800. The molecule has 10 heteroatoms. The van der Waals surface area contributed by atoms with Crippen LogP contribution in [0.3, 0.4) is 0 Å². The molecular weight excluding hydrogens is 593 g/mol. The maximum Gasteiger partial charge on any atom is 0.335 e. The lowest BCUT2D eigenvalue weighted by Crippen LogP contribution is -2.38. The third kappa shape index (κ3) is 5.55. The van der Waals surface area contributed by atoms with Crippen molar-refractivity contribution in [2.24, 2.45) is 0 Å². The Morgan fingerprint density at radius 2 is 1.38 bits per heavy atom. The number of aromatic nitrogens is 2. The highest BCUT2D eigenvalue weighted by Gasteiger charge is 2.31. The lowest BCUT2D eigenvalue weighted by Gasteiger charge is -2.31. The molecule has 0 bridgehead atoms. The second kappa shape index (κ2) is 11.5. The molecule has 1 saturated heterocycles. The van der Waals surface area contributed by atoms with Crippen LogP contribution in [-0.4, -0.2) is 47.1 Å². The van der Waals surface area contributed by atoms with Crippen LogP contribution < -0.4 is 0 Å². The first-order valence-corrected chi connectivity index (χ1v) is 15.7. The Hall–Kier alpha value is -3.69. The average molecular weight is 621 g/mol. The number of aromatic carboxylic acids is 1. The van der Waals surface area contributed by atoms with E-state index < -0.39 is 16.0 Å². The van der Waals surface area contributed by atoms with Gasteiger partial charge in [-0.05, 0) is 90.2 Å². The van der Waals surface area contributed by atoms with Gasteiger partial charge in [0.05, 0.1) is 16.0 Å². The number of fused-ring (bicyclic) bond motifs is 1. The summed E-state index contributed by atoms with van der Waals surface area (Å²) >= 11 is 12.4. The Labute approximate surface area is 253 Å². The van der Waals surface area contributed by atoms with Crippen LogP contribution in [-0.2, 0) is 10.0 Å². The molecule has 0 aliphatic carbocycles. The minimum Gasteiger partial charge on any atom is -0.478 e. The summed E-state index contributed by atoms with van der Waals surface area (Å²) in [6.45, 7) is 0.706. The molecule has 0 amide bonds. The third-order valence-corrected chi connectivity index (χ3v) is 10.4. The van der Waals surface area contributed by atoms with Crippen LogP contribution >= 0.6 is 23.2 Å². The Kier molecular flexibility index (Phi) is 7.81. The zero-order chi connectivity index (χ0) is 29.4. The van der Waals surface area contributed by atoms with Crippen LogP contribution in [0.5, 0.6) is 0 Å². The van der Waals surface area contributed by atoms with Crippen LogP contribution in [0.4, 0.5) is 0 Å². The molecule has 0 radical (unpaired) electrons. The summed E-state index contributed by atoms with van der Waals surface area (Å²) in [6.07, 6.45) is 1.26. The van der Waals surface area contributed by atoms with Crippen molar-refractivity contribution in [2.75, 3.05) is 13.1 Å². The molecule has 0 spiro atoms. The van der Waals surface area contributed by atoms with E-state index in [9.17, 15) is 13.2 Å². The lowest BCUT2D eigenvalue weighted by atomic mass is 9.84. The monoisotopic (exact) mass is 619 g/mol. The number of benzene rings is 4. The van der Waals surface area contributed by atoms with Crippen molar-refractivity contribution in [1.82, 2.24) is 14.5 Å². The number of piperidine rings is 1. The number of aromatic amines is 1. The van der Waals surface area contributed by atoms with Crippen molar-refractivity contribution in [1.29, 1.82) is 0 Å². The van der Waals surface area contributed by atoms with E-state index in [1.165, 1.54) is 28.6 Å². The van der Waals surface area contributed by atoms with Gasteiger partial charge in [-0.3, -0.25) is 5.10 Å². The van der Waals surface area contributed by atoms with E-state index in [0.29, 0.717) is 36.0 Å². The third-order valence-electron chi connectivity index (χ3n) is 7.95. The smallest absolute Gasteiger partial charge is 0.335 e. The largest absolute Gasteiger partial charge is 0.478 e. The topological polar surface area (TPSA) is 103 Å². The van der Waals surface area contributed by atoms with Crippen LogP contribution in [0, 0.1) is 0 Å². The lowest BCUT2D eigenvalue weighted by molar-refractivity contribution is 0.0696. The van der Waals surface area contributed by atoms with Gasteiger partial charge in [0, 0.05) is 46.1 Å². The molecule has 7 nitrogen and oxygen atoms in total. The highest BCUT2D eigenvalue weighted by Crippen LogP contribution is 2.38. The van der Waals surface area contributed by atoms with E-state index in [0.717, 1.165) is 33.3 Å². The summed E-state index contributed by atoms with van der Waals surface area (Å²) in [7, 11) is -3.73. The first-order chi connectivity index (χ1) is 20.2. The van der Waals surface area contributed by atoms with Crippen LogP contribution in [0.2, 0.25) is 10.0 Å². The summed E-state index contributed by atoms with van der Waals surface area (Å²) < 4.78 is 28.0. The van der Waals surface area contributed by atoms with E-state index in [-0.39, 0.29) is 22.3 Å². The number of halogens is 2. The Morgan fingerprint density at radius 1 is 0.833 bits per heavy atom. The molecule has 1 aromatic heterocycles. The van der Waals surface area contributed by atoms with Crippen molar-refractivity contribution >= 4 is 50.1 Å². The maximum absolute atomic E-state index is 13.2. The molecule has 6 rings (SSSR count). The summed E-state index contributed by atoms with van der Waals surface area (Å²) in [4.78, 5) is 11.3. The summed E-state index contributed by atoms with van der Waals surface area (Å²) in [6, 6.07) is 27.3. The quantitative estimate of drug-likeness (QED) is 0.186. The minimum absolute atomic E-state index is 0.0486. The molecule has 0 atom stereocenters. The van der Waals surface area contributed by atoms with E-state index in [1.54, 1.807) is 0 Å². The second-order valence-electron chi connectivity index (χ2n) is 10.5. The van der Waals surface area contributed by atoms with Crippen LogP contribution in [0.15, 0.2) is 95.9 Å². The number of nitrogens with zero attached hydrogens (tertiary/aromatic N) is 2. The van der Waals surface area contributed by atoms with Gasteiger partial charge >= 0.3 is 5.97 Å². The average Bonchev–Trinajstić information content (AvgIpc) is 3.43. The number of hydrogen-bond acceptors (Lipinski definition) is 4. The van der Waals surface area contributed by atoms with E-state index in [4.69, 9.17) is 28.3 Å². The molecule has 42 heavy (non-hydrogen) atoms. The van der Waals surface area contributed by atoms with Gasteiger partial charge < -0.3 is 5.11 Å². The number of carboxylic acids is 1. The van der Waals surface area contributed by atoms with E-state index in [1.807, 2.05) is 54.6 Å². The predicted octanol–water partition coefficient (Wildman–Crippen LogP) is 7.32. The molecular formula is C32H27Cl2N3O4S. The highest BCUT2D eigenvalue weighted by molar-refractivity contribution is 7.89. The SMILES string of the molecule is O=C(O)c1ccc(S(=O)(=O)N2CCC(c3[nH]nc4ccc(C(c5ccc(Cl)cc5)c5ccc(Cl)cc5)cc34)CC2)cc1. The fourth-order valence-corrected chi connectivity index (χ4v) is 7.45. The van der Waals surface area contributed by atoms with Crippen LogP contribution in [0.1, 0.15) is 57.4 Å². The first-order valence-electron chi connectivity index (χ1n) is 13.5. The number of hydrogen-bond donors (Lipinski definition) is 2. The van der Waals surface area contributed by atoms with Gasteiger partial charge in [0.15, 0.2) is 0 Å². The Morgan fingerprint density at radius 3 is 1.93 bits per heavy atom. The van der Waals surface area contributed by atoms with E-state index >= 15 is 0 Å². The van der Waals surface area contributed by atoms with Crippen molar-refractivity contribution in [3.05, 3.63) is 129 Å². The summed E-state index contributed by atoms with van der Waals surface area (Å²) in [5.74, 6) is -1.04. The number of carbonyl (C=O) groups is 1. The van der Waals surface area contributed by atoms with Crippen molar-refractivity contribution in [3.63, 3.8) is 0 Å². The summed E-state index contributed by atoms with van der Waals surface area (Å²) in [5, 5.41) is 19.3. The van der Waals surface area contributed by atoms with Gasteiger partial charge in [0.2, 0.25) is 10.0 Å². The number of H-pyrrole nitrogens is 1. The number of nitrogens with one attached hydrogen (secondary N) is 1. The molecule has 2 N–H and O–H groups in total. The molecule has 0 saturated carbocycles. The molecule has 5 aromatic rings. The zero-order valence-electron chi connectivity index (χ0n) is 22.4. The van der Waals surface area contributed by atoms with E-state index in [2.05, 4.69) is 22.3 Å². The maximum atomic E-state index is 13.2. The molecule has 214 valence electrons. The highest BCUT2D eigenvalue weighted by atomic mass is 35.5. The summed E-state index contributed by atoms with van der Waals surface area (Å²) in [5.41, 5.74) is 5.20. The predicted molar refractivity (Wildman–Crippen MR) is 164 cm³/mol. The van der Waals surface area contributed by atoms with Crippen molar-refractivity contribution < 1.29 is 18.3 Å². The fraction of sp³-hybridized carbons (Fsp3) is 0.188. The van der Waals surface area contributed by atoms with Gasteiger partial charge in [0.1, 0.15) is 0 Å². The molecule has 0 unspecified atom stereocenters. The van der Waals surface area contributed by atoms with Crippen molar-refractivity contribution in [3.8, 4) is 0 Å². The molecule has 1 aliphatic rings.